The van der Waals surface area contributed by atoms with Crippen LogP contribution in [0.1, 0.15) is 19.9 Å². The smallest absolute Gasteiger partial charge is 0.180 e. The van der Waals surface area contributed by atoms with Crippen LogP contribution in [-0.2, 0) is 0 Å². The van der Waals surface area contributed by atoms with E-state index in [0.29, 0.717) is 22.8 Å². The van der Waals surface area contributed by atoms with Crippen LogP contribution in [0.5, 0.6) is 11.5 Å². The highest BCUT2D eigenvalue weighted by molar-refractivity contribution is 5.88. The Morgan fingerprint density at radius 1 is 1.21 bits per heavy atom. The van der Waals surface area contributed by atoms with E-state index in [0.717, 1.165) is 16.9 Å². The number of hydrogen-bond donors (Lipinski definition) is 2. The van der Waals surface area contributed by atoms with Gasteiger partial charge in [0.05, 0.1) is 29.8 Å². The fourth-order valence-corrected chi connectivity index (χ4v) is 3.06. The number of aromatic nitrogens is 7. The van der Waals surface area contributed by atoms with Crippen LogP contribution in [0.4, 0.5) is 11.5 Å². The van der Waals surface area contributed by atoms with Crippen LogP contribution in [-0.4, -0.2) is 34.3 Å². The molecule has 0 bridgehead atoms. The number of para-hydroxylation sites is 1. The fourth-order valence-electron chi connectivity index (χ4n) is 3.06. The maximum absolute atomic E-state index is 5.96. The van der Waals surface area contributed by atoms with Crippen molar-refractivity contribution < 1.29 is 4.74 Å². The predicted octanol–water partition coefficient (Wildman–Crippen LogP) is 3.92. The molecule has 0 atom stereocenters. The van der Waals surface area contributed by atoms with E-state index in [2.05, 4.69) is 39.4 Å². The molecule has 5 rings (SSSR count). The van der Waals surface area contributed by atoms with Crippen molar-refractivity contribution in [1.29, 1.82) is 0 Å². The van der Waals surface area contributed by atoms with Crippen molar-refractivity contribution in [2.45, 2.75) is 19.9 Å². The first kappa shape index (κ1) is 16.3. The van der Waals surface area contributed by atoms with E-state index in [1.165, 1.54) is 0 Å². The number of H-pyrrole nitrogens is 1. The van der Waals surface area contributed by atoms with Gasteiger partial charge in [-0.05, 0) is 26.0 Å². The van der Waals surface area contributed by atoms with Crippen molar-refractivity contribution in [2.24, 2.45) is 0 Å². The molecule has 2 N–H and O–H groups in total. The van der Waals surface area contributed by atoms with Crippen molar-refractivity contribution in [3.8, 4) is 11.5 Å². The molecular weight excluding hydrogens is 356 g/mol. The minimum atomic E-state index is 0.279. The van der Waals surface area contributed by atoms with E-state index in [1.54, 1.807) is 24.8 Å². The van der Waals surface area contributed by atoms with Crippen LogP contribution in [0.15, 0.2) is 55.4 Å². The van der Waals surface area contributed by atoms with E-state index < -0.39 is 0 Å². The van der Waals surface area contributed by atoms with E-state index >= 15 is 0 Å². The zero-order valence-corrected chi connectivity index (χ0v) is 15.4. The average Bonchev–Trinajstić information content (AvgIpc) is 3.44. The topological polar surface area (TPSA) is 97.9 Å². The van der Waals surface area contributed by atoms with Gasteiger partial charge >= 0.3 is 0 Å². The third-order valence-electron chi connectivity index (χ3n) is 4.41. The monoisotopic (exact) mass is 374 g/mol. The molecule has 0 saturated carbocycles. The number of aromatic amines is 1. The number of imidazole rings is 1. The average molecular weight is 374 g/mol. The summed E-state index contributed by atoms with van der Waals surface area (Å²) in [6.45, 7) is 4.16. The standard InChI is InChI=1S/C19H18N8O/c1-12(2)27-11-13(8-23-27)24-18-19-20-6-7-26(19)15-4-3-5-16(17(15)25-18)28-14-9-21-22-10-14/h3-12H,1-2H3,(H,21,22)(H,24,25). The summed E-state index contributed by atoms with van der Waals surface area (Å²) in [7, 11) is 0. The highest BCUT2D eigenvalue weighted by atomic mass is 16.5. The molecule has 1 aromatic carbocycles. The molecule has 0 aliphatic carbocycles. The van der Waals surface area contributed by atoms with Crippen LogP contribution in [0.3, 0.4) is 0 Å². The molecule has 0 radical (unpaired) electrons. The largest absolute Gasteiger partial charge is 0.452 e. The van der Waals surface area contributed by atoms with Gasteiger partial charge in [-0.25, -0.2) is 9.97 Å². The first-order chi connectivity index (χ1) is 13.7. The second-order valence-electron chi connectivity index (χ2n) is 6.67. The summed E-state index contributed by atoms with van der Waals surface area (Å²) in [5.74, 6) is 1.88. The fraction of sp³-hybridized carbons (Fsp3) is 0.158. The molecule has 0 amide bonds. The highest BCUT2D eigenvalue weighted by Crippen LogP contribution is 2.31. The Hall–Kier alpha value is -3.88. The van der Waals surface area contributed by atoms with Crippen molar-refractivity contribution in [3.63, 3.8) is 0 Å². The highest BCUT2D eigenvalue weighted by Gasteiger charge is 2.14. The second kappa shape index (κ2) is 6.38. The van der Waals surface area contributed by atoms with Gasteiger partial charge < -0.3 is 10.1 Å². The normalized spacial score (nSPS) is 11.5. The second-order valence-corrected chi connectivity index (χ2v) is 6.67. The lowest BCUT2D eigenvalue weighted by molar-refractivity contribution is 0.487. The Kier molecular flexibility index (Phi) is 3.71. The van der Waals surface area contributed by atoms with Crippen LogP contribution >= 0.6 is 0 Å². The van der Waals surface area contributed by atoms with Gasteiger partial charge in [-0.3, -0.25) is 14.2 Å². The van der Waals surface area contributed by atoms with Crippen LogP contribution in [0, 0.1) is 0 Å². The number of fused-ring (bicyclic) bond motifs is 3. The first-order valence-electron chi connectivity index (χ1n) is 8.92. The molecule has 4 heterocycles. The molecule has 4 aromatic heterocycles. The number of nitrogens with one attached hydrogen (secondary N) is 2. The molecule has 9 heteroatoms. The third kappa shape index (κ3) is 2.73. The molecule has 5 aromatic rings. The lowest BCUT2D eigenvalue weighted by atomic mass is 10.2. The Bertz CT molecular complexity index is 1250. The molecule has 0 saturated heterocycles. The van der Waals surface area contributed by atoms with Gasteiger partial charge in [0.2, 0.25) is 0 Å². The van der Waals surface area contributed by atoms with Gasteiger partial charge in [0.1, 0.15) is 5.52 Å². The Morgan fingerprint density at radius 3 is 2.93 bits per heavy atom. The van der Waals surface area contributed by atoms with E-state index in [-0.39, 0.29) is 6.04 Å². The summed E-state index contributed by atoms with van der Waals surface area (Å²) in [6.07, 6.45) is 10.7. The predicted molar refractivity (Wildman–Crippen MR) is 105 cm³/mol. The molecule has 140 valence electrons. The van der Waals surface area contributed by atoms with E-state index in [1.807, 2.05) is 39.7 Å². The van der Waals surface area contributed by atoms with Crippen LogP contribution in [0.25, 0.3) is 16.7 Å². The van der Waals surface area contributed by atoms with Crippen molar-refractivity contribution in [2.75, 3.05) is 5.32 Å². The number of hydrogen-bond acceptors (Lipinski definition) is 6. The molecule has 0 fully saturated rings. The molecule has 28 heavy (non-hydrogen) atoms. The van der Waals surface area contributed by atoms with Crippen molar-refractivity contribution in [1.82, 2.24) is 34.3 Å². The molecule has 0 aliphatic heterocycles. The summed E-state index contributed by atoms with van der Waals surface area (Å²) < 4.78 is 9.84. The summed E-state index contributed by atoms with van der Waals surface area (Å²) in [4.78, 5) is 9.29. The van der Waals surface area contributed by atoms with E-state index in [9.17, 15) is 0 Å². The lowest BCUT2D eigenvalue weighted by Gasteiger charge is -2.11. The Morgan fingerprint density at radius 2 is 2.14 bits per heavy atom. The van der Waals surface area contributed by atoms with Crippen LogP contribution in [0.2, 0.25) is 0 Å². The maximum atomic E-state index is 5.96. The van der Waals surface area contributed by atoms with Gasteiger partial charge in [-0.15, -0.1) is 0 Å². The van der Waals surface area contributed by atoms with Gasteiger partial charge in [0.25, 0.3) is 0 Å². The molecule has 0 aliphatic rings. The lowest BCUT2D eigenvalue weighted by Crippen LogP contribution is -2.01. The number of ether oxygens (including phenoxy) is 1. The quantitative estimate of drug-likeness (QED) is 0.484. The Balaban J connectivity index is 1.64. The summed E-state index contributed by atoms with van der Waals surface area (Å²) in [5, 5.41) is 14.4. The molecular formula is C19H18N8O. The SMILES string of the molecule is CC(C)n1cc(Nc2nc3c(Oc4cn[nH]c4)cccc3n3ccnc23)cn1. The van der Waals surface area contributed by atoms with Gasteiger partial charge in [-0.1, -0.05) is 6.07 Å². The summed E-state index contributed by atoms with van der Waals surface area (Å²) in [6, 6.07) is 6.07. The van der Waals surface area contributed by atoms with Crippen molar-refractivity contribution >= 4 is 28.2 Å². The van der Waals surface area contributed by atoms with Crippen molar-refractivity contribution in [3.05, 3.63) is 55.4 Å². The minimum absolute atomic E-state index is 0.279. The molecule has 0 unspecified atom stereocenters. The van der Waals surface area contributed by atoms with Crippen LogP contribution < -0.4 is 10.1 Å². The zero-order valence-electron chi connectivity index (χ0n) is 15.4. The number of rotatable bonds is 5. The number of anilines is 2. The Labute approximate surface area is 160 Å². The number of benzene rings is 1. The van der Waals surface area contributed by atoms with Gasteiger partial charge in [0, 0.05) is 24.6 Å². The number of nitrogens with zero attached hydrogens (tertiary/aromatic N) is 6. The van der Waals surface area contributed by atoms with E-state index in [4.69, 9.17) is 9.72 Å². The van der Waals surface area contributed by atoms with Gasteiger partial charge in [0.15, 0.2) is 23.0 Å². The summed E-state index contributed by atoms with van der Waals surface area (Å²) in [5.41, 5.74) is 3.19. The molecule has 9 nitrogen and oxygen atoms in total. The van der Waals surface area contributed by atoms with Gasteiger partial charge in [-0.2, -0.15) is 10.2 Å². The zero-order chi connectivity index (χ0) is 19.1. The molecule has 0 spiro atoms. The minimum Gasteiger partial charge on any atom is -0.452 e. The maximum Gasteiger partial charge on any atom is 0.180 e. The third-order valence-corrected chi connectivity index (χ3v) is 4.41. The summed E-state index contributed by atoms with van der Waals surface area (Å²) >= 11 is 0. The first-order valence-corrected chi connectivity index (χ1v) is 8.92.